The topological polar surface area (TPSA) is 147 Å². The molecule has 9 heteroatoms. The van der Waals surface area contributed by atoms with Crippen LogP contribution in [-0.2, 0) is 4.79 Å². The maximum Gasteiger partial charge on any atom is 0.267 e. The number of carbonyl (C=O) groups is 2. The molecule has 4 saturated carbocycles. The lowest BCUT2D eigenvalue weighted by molar-refractivity contribution is -0.140. The van der Waals surface area contributed by atoms with Crippen LogP contribution >= 0.6 is 11.3 Å². The lowest BCUT2D eigenvalue weighted by Gasteiger charge is -2.55. The van der Waals surface area contributed by atoms with E-state index >= 15 is 0 Å². The average Bonchev–Trinajstić information content (AvgIpc) is 3.13. The van der Waals surface area contributed by atoms with Gasteiger partial charge in [0.25, 0.3) is 5.91 Å². The number of nitrogens with zero attached hydrogens (tertiary/aromatic N) is 2. The number of anilines is 4. The molecule has 2 amide bonds. The Morgan fingerprint density at radius 3 is 2.29 bits per heavy atom. The number of nitrogens with two attached hydrogens (primary N) is 2. The van der Waals surface area contributed by atoms with E-state index in [4.69, 9.17) is 11.5 Å². The number of nitriles is 1. The zero-order valence-electron chi connectivity index (χ0n) is 19.1. The van der Waals surface area contributed by atoms with Crippen LogP contribution in [0.3, 0.4) is 0 Å². The first-order chi connectivity index (χ1) is 16.8. The maximum absolute atomic E-state index is 13.4. The lowest BCUT2D eigenvalue weighted by Crippen LogP contribution is -2.51. The summed E-state index contributed by atoms with van der Waals surface area (Å²) in [5.74, 6) is 1.92. The number of hydrogen-bond acceptors (Lipinski definition) is 7. The minimum atomic E-state index is -0.382. The Balaban J connectivity index is 1.20. The molecule has 0 spiro atoms. The van der Waals surface area contributed by atoms with Gasteiger partial charge in [-0.25, -0.2) is 4.98 Å². The highest BCUT2D eigenvalue weighted by molar-refractivity contribution is 7.21. The number of benzene rings is 1. The molecule has 7 rings (SSSR count). The van der Waals surface area contributed by atoms with E-state index < -0.39 is 0 Å². The summed E-state index contributed by atoms with van der Waals surface area (Å²) in [7, 11) is 0. The molecule has 4 aliphatic rings. The van der Waals surface area contributed by atoms with Gasteiger partial charge in [-0.15, -0.1) is 11.3 Å². The highest BCUT2D eigenvalue weighted by atomic mass is 32.1. The lowest BCUT2D eigenvalue weighted by atomic mass is 9.49. The van der Waals surface area contributed by atoms with Gasteiger partial charge in [0.2, 0.25) is 5.91 Å². The SMILES string of the molecule is N#Cc1cc2c(N)c(C(=O)Nc3cccc(NC(=O)C45CC6CC(CC(C6)C4)C5)c3)sc2nc1N. The number of aromatic nitrogens is 1. The number of amides is 2. The Labute approximate surface area is 206 Å². The quantitative estimate of drug-likeness (QED) is 0.419. The van der Waals surface area contributed by atoms with Gasteiger partial charge in [-0.3, -0.25) is 9.59 Å². The van der Waals surface area contributed by atoms with Crippen molar-refractivity contribution in [3.8, 4) is 6.07 Å². The van der Waals surface area contributed by atoms with E-state index in [1.54, 1.807) is 24.3 Å². The number of rotatable bonds is 4. The third-order valence-corrected chi connectivity index (χ3v) is 9.09. The van der Waals surface area contributed by atoms with Crippen molar-refractivity contribution in [1.29, 1.82) is 5.26 Å². The molecule has 1 aromatic carbocycles. The van der Waals surface area contributed by atoms with Crippen LogP contribution in [0.2, 0.25) is 0 Å². The Bertz CT molecular complexity index is 1390. The van der Waals surface area contributed by atoms with E-state index in [0.717, 1.165) is 30.6 Å². The average molecular weight is 487 g/mol. The van der Waals surface area contributed by atoms with E-state index in [9.17, 15) is 14.9 Å². The predicted molar refractivity (Wildman–Crippen MR) is 137 cm³/mol. The fraction of sp³-hybridized carbons (Fsp3) is 0.385. The van der Waals surface area contributed by atoms with Crippen LogP contribution in [0.25, 0.3) is 10.2 Å². The Morgan fingerprint density at radius 2 is 1.66 bits per heavy atom. The zero-order chi connectivity index (χ0) is 24.3. The fourth-order valence-electron chi connectivity index (χ4n) is 6.83. The first-order valence-electron chi connectivity index (χ1n) is 11.9. The first kappa shape index (κ1) is 21.9. The number of carbonyl (C=O) groups excluding carboxylic acids is 2. The summed E-state index contributed by atoms with van der Waals surface area (Å²) < 4.78 is 0. The van der Waals surface area contributed by atoms with E-state index in [-0.39, 0.29) is 34.3 Å². The number of fused-ring (bicyclic) bond motifs is 1. The number of hydrogen-bond donors (Lipinski definition) is 4. The molecule has 2 aromatic heterocycles. The molecule has 0 atom stereocenters. The summed E-state index contributed by atoms with van der Waals surface area (Å²) in [6.07, 6.45) is 6.86. The van der Waals surface area contributed by atoms with Gasteiger partial charge in [-0.1, -0.05) is 6.07 Å². The van der Waals surface area contributed by atoms with E-state index in [2.05, 4.69) is 15.6 Å². The molecule has 0 aliphatic heterocycles. The van der Waals surface area contributed by atoms with Gasteiger partial charge >= 0.3 is 0 Å². The van der Waals surface area contributed by atoms with Gasteiger partial charge in [0, 0.05) is 16.8 Å². The Kier molecular flexibility index (Phi) is 4.97. The van der Waals surface area contributed by atoms with Crippen LogP contribution in [-0.4, -0.2) is 16.8 Å². The Morgan fingerprint density at radius 1 is 1.03 bits per heavy atom. The van der Waals surface area contributed by atoms with Crippen molar-refractivity contribution in [2.75, 3.05) is 22.1 Å². The van der Waals surface area contributed by atoms with Crippen LogP contribution in [0.1, 0.15) is 53.8 Å². The van der Waals surface area contributed by atoms with Crippen molar-refractivity contribution in [2.24, 2.45) is 23.2 Å². The molecular formula is C26H26N6O2S. The number of nitrogen functional groups attached to an aromatic ring is 2. The summed E-state index contributed by atoms with van der Waals surface area (Å²) in [5.41, 5.74) is 13.5. The van der Waals surface area contributed by atoms with Gasteiger partial charge in [0.1, 0.15) is 21.6 Å². The van der Waals surface area contributed by atoms with Crippen molar-refractivity contribution in [1.82, 2.24) is 4.98 Å². The highest BCUT2D eigenvalue weighted by Gasteiger charge is 2.54. The smallest absolute Gasteiger partial charge is 0.267 e. The number of nitrogens with one attached hydrogen (secondary N) is 2. The number of pyridine rings is 1. The first-order valence-corrected chi connectivity index (χ1v) is 12.8. The van der Waals surface area contributed by atoms with Crippen molar-refractivity contribution < 1.29 is 9.59 Å². The highest BCUT2D eigenvalue weighted by Crippen LogP contribution is 2.60. The fourth-order valence-corrected chi connectivity index (χ4v) is 7.81. The molecule has 8 nitrogen and oxygen atoms in total. The van der Waals surface area contributed by atoms with Crippen LogP contribution < -0.4 is 22.1 Å². The third kappa shape index (κ3) is 3.69. The molecule has 6 N–H and O–H groups in total. The van der Waals surface area contributed by atoms with Crippen molar-refractivity contribution in [3.63, 3.8) is 0 Å². The van der Waals surface area contributed by atoms with Gasteiger partial charge in [0.05, 0.1) is 16.7 Å². The van der Waals surface area contributed by atoms with Crippen LogP contribution in [0.5, 0.6) is 0 Å². The van der Waals surface area contributed by atoms with E-state index in [1.807, 2.05) is 12.1 Å². The summed E-state index contributed by atoms with van der Waals surface area (Å²) in [6, 6.07) is 10.7. The molecule has 0 radical (unpaired) electrons. The second-order valence-corrected chi connectivity index (χ2v) is 11.4. The third-order valence-electron chi connectivity index (χ3n) is 7.98. The molecule has 4 fully saturated rings. The molecular weight excluding hydrogens is 460 g/mol. The minimum absolute atomic E-state index is 0.107. The minimum Gasteiger partial charge on any atom is -0.397 e. The number of thiophene rings is 1. The summed E-state index contributed by atoms with van der Waals surface area (Å²) in [6.45, 7) is 0. The van der Waals surface area contributed by atoms with Crippen molar-refractivity contribution in [3.05, 3.63) is 40.8 Å². The summed E-state index contributed by atoms with van der Waals surface area (Å²) in [4.78, 5) is 31.4. The van der Waals surface area contributed by atoms with Gasteiger partial charge in [-0.2, -0.15) is 5.26 Å². The molecule has 4 bridgehead atoms. The van der Waals surface area contributed by atoms with Crippen LogP contribution in [0, 0.1) is 34.5 Å². The molecule has 3 aromatic rings. The molecule has 2 heterocycles. The zero-order valence-corrected chi connectivity index (χ0v) is 20.0. The van der Waals surface area contributed by atoms with E-state index in [1.165, 1.54) is 19.3 Å². The molecule has 35 heavy (non-hydrogen) atoms. The van der Waals surface area contributed by atoms with Gasteiger partial charge < -0.3 is 22.1 Å². The summed E-state index contributed by atoms with van der Waals surface area (Å²) in [5, 5.41) is 15.7. The largest absolute Gasteiger partial charge is 0.397 e. The molecule has 178 valence electrons. The molecule has 0 unspecified atom stereocenters. The normalized spacial score (nSPS) is 26.4. The Hall–Kier alpha value is -3.64. The second-order valence-electron chi connectivity index (χ2n) is 10.4. The molecule has 4 aliphatic carbocycles. The maximum atomic E-state index is 13.4. The standard InChI is InChI=1S/C26H26N6O2S/c27-12-16-7-19-20(28)21(35-24(19)32-22(16)29)23(33)30-17-2-1-3-18(8-17)31-25(34)26-9-13-4-14(10-26)6-15(5-13)11-26/h1-3,7-8,13-15H,4-6,9-11,28H2,(H2,29,32)(H,30,33)(H,31,34). The van der Waals surface area contributed by atoms with Crippen molar-refractivity contribution >= 4 is 56.2 Å². The van der Waals surface area contributed by atoms with Crippen LogP contribution in [0.15, 0.2) is 30.3 Å². The van der Waals surface area contributed by atoms with Crippen molar-refractivity contribution in [2.45, 2.75) is 38.5 Å². The summed E-state index contributed by atoms with van der Waals surface area (Å²) >= 11 is 1.12. The van der Waals surface area contributed by atoms with Crippen LogP contribution in [0.4, 0.5) is 22.9 Å². The monoisotopic (exact) mass is 486 g/mol. The second kappa shape index (κ2) is 7.95. The van der Waals surface area contributed by atoms with Gasteiger partial charge in [-0.05, 0) is 80.5 Å². The molecule has 0 saturated heterocycles. The van der Waals surface area contributed by atoms with Gasteiger partial charge in [0.15, 0.2) is 0 Å². The van der Waals surface area contributed by atoms with E-state index in [0.29, 0.717) is 44.2 Å². The predicted octanol–water partition coefficient (Wildman–Crippen LogP) is 4.74.